The molecule has 0 saturated carbocycles. The van der Waals surface area contributed by atoms with Crippen molar-refractivity contribution in [2.45, 2.75) is 36.4 Å². The monoisotopic (exact) mass is 637 g/mol. The lowest BCUT2D eigenvalue weighted by Gasteiger charge is -2.14. The molecule has 12 nitrogen and oxygen atoms in total. The number of aliphatic imine (C=N–C) groups is 1. The first-order chi connectivity index (χ1) is 18.2. The van der Waals surface area contributed by atoms with Crippen LogP contribution in [-0.2, 0) is 19.7 Å². The van der Waals surface area contributed by atoms with Gasteiger partial charge in [0.15, 0.2) is 25.6 Å². The van der Waals surface area contributed by atoms with Crippen molar-refractivity contribution in [3.63, 3.8) is 0 Å². The molecule has 5 N–H and O–H groups in total. The van der Waals surface area contributed by atoms with Crippen molar-refractivity contribution in [2.24, 2.45) is 16.5 Å². The van der Waals surface area contributed by atoms with E-state index in [-0.39, 0.29) is 16.7 Å². The van der Waals surface area contributed by atoms with Gasteiger partial charge in [-0.25, -0.2) is 21.6 Å². The number of guanidine groups is 1. The molecule has 0 spiro atoms. The molecule has 41 heavy (non-hydrogen) atoms. The van der Waals surface area contributed by atoms with Crippen LogP contribution in [0.15, 0.2) is 39.0 Å². The number of aromatic carboxylic acids is 1. The summed E-state index contributed by atoms with van der Waals surface area (Å²) >= 11 is 0. The van der Waals surface area contributed by atoms with Gasteiger partial charge in [-0.05, 0) is 49.2 Å². The predicted octanol–water partition coefficient (Wildman–Crippen LogP) is 2.71. The van der Waals surface area contributed by atoms with Crippen LogP contribution in [0, 0.1) is 13.8 Å². The summed E-state index contributed by atoms with van der Waals surface area (Å²) in [6.45, 7) is 2.52. The number of alkyl halides is 6. The molecule has 1 amide bonds. The maximum Gasteiger partial charge on any atom is 0.573 e. The SMILES string of the molecule is Cc1cc(OC(F)(F)F)c(S(C)(=O)=O)cc1C(=O)N=C(N)N.Cc1cc(OC(F)(F)F)c(S(C)(=O)=O)cc1C(=O)O. The number of carbonyl (C=O) groups excluding carboxylic acids is 1. The molecular formula is C21H21F6N3O9S2. The zero-order valence-corrected chi connectivity index (χ0v) is 22.8. The second kappa shape index (κ2) is 12.2. The summed E-state index contributed by atoms with van der Waals surface area (Å²) in [5, 5.41) is 8.82. The van der Waals surface area contributed by atoms with Crippen LogP contribution in [0.1, 0.15) is 31.8 Å². The quantitative estimate of drug-likeness (QED) is 0.238. The van der Waals surface area contributed by atoms with Crippen LogP contribution in [0.3, 0.4) is 0 Å². The Balaban J connectivity index is 0.000000414. The molecule has 0 atom stereocenters. The molecule has 0 aliphatic heterocycles. The number of hydrogen-bond donors (Lipinski definition) is 3. The van der Waals surface area contributed by atoms with Crippen molar-refractivity contribution in [3.05, 3.63) is 46.5 Å². The third-order valence-corrected chi connectivity index (χ3v) is 6.76. The van der Waals surface area contributed by atoms with E-state index >= 15 is 0 Å². The summed E-state index contributed by atoms with van der Waals surface area (Å²) in [6.07, 6.45) is -8.82. The van der Waals surface area contributed by atoms with Crippen molar-refractivity contribution in [1.82, 2.24) is 0 Å². The number of nitrogens with two attached hydrogens (primary N) is 2. The summed E-state index contributed by atoms with van der Waals surface area (Å²) in [5.74, 6) is -4.88. The Morgan fingerprint density at radius 2 is 1.10 bits per heavy atom. The first kappa shape index (κ1) is 35.0. The molecule has 0 fully saturated rings. The highest BCUT2D eigenvalue weighted by Gasteiger charge is 2.35. The van der Waals surface area contributed by atoms with E-state index in [0.29, 0.717) is 18.6 Å². The van der Waals surface area contributed by atoms with Crippen LogP contribution < -0.4 is 20.9 Å². The predicted molar refractivity (Wildman–Crippen MR) is 129 cm³/mol. The van der Waals surface area contributed by atoms with Gasteiger partial charge in [-0.15, -0.1) is 26.3 Å². The third-order valence-electron chi connectivity index (χ3n) is 4.52. The van der Waals surface area contributed by atoms with E-state index in [2.05, 4.69) is 14.5 Å². The summed E-state index contributed by atoms with van der Waals surface area (Å²) < 4.78 is 127. The second-order valence-electron chi connectivity index (χ2n) is 8.01. The first-order valence-corrected chi connectivity index (χ1v) is 14.1. The van der Waals surface area contributed by atoms with Gasteiger partial charge in [0.25, 0.3) is 5.91 Å². The number of carboxylic acid groups (broad SMARTS) is 1. The van der Waals surface area contributed by atoms with Crippen molar-refractivity contribution >= 4 is 37.5 Å². The number of rotatable bonds is 6. The van der Waals surface area contributed by atoms with Crippen molar-refractivity contribution in [2.75, 3.05) is 12.5 Å². The molecule has 0 aliphatic carbocycles. The van der Waals surface area contributed by atoms with Gasteiger partial charge in [-0.3, -0.25) is 4.79 Å². The molecule has 0 heterocycles. The molecule has 0 aromatic heterocycles. The molecule has 0 aliphatic rings. The van der Waals surface area contributed by atoms with Gasteiger partial charge >= 0.3 is 18.7 Å². The van der Waals surface area contributed by atoms with Gasteiger partial charge in [0.2, 0.25) is 0 Å². The van der Waals surface area contributed by atoms with Gasteiger partial charge in [-0.2, -0.15) is 4.99 Å². The largest absolute Gasteiger partial charge is 0.573 e. The minimum atomic E-state index is -5.09. The number of carboxylic acids is 1. The number of nitrogens with zero attached hydrogens (tertiary/aromatic N) is 1. The number of amides is 1. The number of aryl methyl sites for hydroxylation is 2. The molecule has 0 saturated heterocycles. The average molecular weight is 638 g/mol. The average Bonchev–Trinajstić information content (AvgIpc) is 2.69. The van der Waals surface area contributed by atoms with Gasteiger partial charge in [-0.1, -0.05) is 0 Å². The highest BCUT2D eigenvalue weighted by atomic mass is 32.2. The number of ether oxygens (including phenoxy) is 2. The van der Waals surface area contributed by atoms with E-state index in [9.17, 15) is 52.8 Å². The topological polar surface area (TPSA) is 206 Å². The summed E-state index contributed by atoms with van der Waals surface area (Å²) in [7, 11) is -8.16. The molecule has 0 unspecified atom stereocenters. The van der Waals surface area contributed by atoms with Crippen molar-refractivity contribution < 1.29 is 67.3 Å². The number of halogens is 6. The number of sulfone groups is 2. The standard InChI is InChI=1S/C11H12F3N3O4S.C10H9F3O5S/c1-5-3-7(21-11(12,13)14)8(22(2,19)20)4-6(5)9(18)17-10(15)16;1-5-3-7(18-10(11,12)13)8(19(2,16)17)4-6(5)9(14)15/h3-4H,1-2H3,(H4,15,16,17,18);3-4H,1-2H3,(H,14,15). The van der Waals surface area contributed by atoms with E-state index in [0.717, 1.165) is 18.2 Å². The van der Waals surface area contributed by atoms with Crippen LogP contribution in [0.25, 0.3) is 0 Å². The molecule has 2 aromatic carbocycles. The van der Waals surface area contributed by atoms with Crippen LogP contribution in [-0.4, -0.2) is 65.0 Å². The zero-order valence-electron chi connectivity index (χ0n) is 21.2. The Morgan fingerprint density at radius 3 is 1.39 bits per heavy atom. The van der Waals surface area contributed by atoms with Crippen LogP contribution in [0.4, 0.5) is 26.3 Å². The fourth-order valence-corrected chi connectivity index (χ4v) is 4.55. The fraction of sp³-hybridized carbons (Fsp3) is 0.286. The summed E-state index contributed by atoms with van der Waals surface area (Å²) in [5.41, 5.74) is 9.37. The maximum atomic E-state index is 12.3. The number of hydrogen-bond acceptors (Lipinski definition) is 8. The highest BCUT2D eigenvalue weighted by Crippen LogP contribution is 2.33. The minimum Gasteiger partial charge on any atom is -0.478 e. The second-order valence-corrected chi connectivity index (χ2v) is 12.0. The van der Waals surface area contributed by atoms with E-state index in [1.165, 1.54) is 13.8 Å². The van der Waals surface area contributed by atoms with E-state index < -0.39 is 77.1 Å². The fourth-order valence-electron chi connectivity index (χ4n) is 2.95. The Labute approximate surface area is 228 Å². The highest BCUT2D eigenvalue weighted by molar-refractivity contribution is 7.91. The van der Waals surface area contributed by atoms with Gasteiger partial charge in [0.05, 0.1) is 5.56 Å². The molecule has 2 aromatic rings. The molecular weight excluding hydrogens is 616 g/mol. The lowest BCUT2D eigenvalue weighted by Crippen LogP contribution is -2.24. The van der Waals surface area contributed by atoms with Gasteiger partial charge < -0.3 is 26.0 Å². The smallest absolute Gasteiger partial charge is 0.478 e. The molecule has 0 radical (unpaired) electrons. The van der Waals surface area contributed by atoms with Crippen LogP contribution in [0.2, 0.25) is 0 Å². The Kier molecular flexibility index (Phi) is 10.4. The minimum absolute atomic E-state index is 0.0154. The van der Waals surface area contributed by atoms with Crippen LogP contribution >= 0.6 is 0 Å². The molecule has 0 bridgehead atoms. The summed E-state index contributed by atoms with van der Waals surface area (Å²) in [6, 6.07) is 2.89. The van der Waals surface area contributed by atoms with Gasteiger partial charge in [0.1, 0.15) is 21.3 Å². The normalized spacial score (nSPS) is 12.0. The molecule has 228 valence electrons. The van der Waals surface area contributed by atoms with E-state index in [4.69, 9.17) is 16.6 Å². The van der Waals surface area contributed by atoms with Gasteiger partial charge in [0, 0.05) is 18.1 Å². The Hall–Kier alpha value is -4.07. The maximum absolute atomic E-state index is 12.3. The number of benzene rings is 2. The van der Waals surface area contributed by atoms with Crippen LogP contribution in [0.5, 0.6) is 11.5 Å². The Morgan fingerprint density at radius 1 is 0.756 bits per heavy atom. The van der Waals surface area contributed by atoms with Crippen molar-refractivity contribution in [1.29, 1.82) is 0 Å². The number of carbonyl (C=O) groups is 2. The van der Waals surface area contributed by atoms with E-state index in [1.807, 2.05) is 0 Å². The third kappa shape index (κ3) is 10.8. The van der Waals surface area contributed by atoms with Crippen molar-refractivity contribution in [3.8, 4) is 11.5 Å². The lowest BCUT2D eigenvalue weighted by molar-refractivity contribution is -0.276. The molecule has 20 heteroatoms. The Bertz CT molecular complexity index is 1600. The molecule has 2 rings (SSSR count). The zero-order chi connectivity index (χ0) is 32.3. The summed E-state index contributed by atoms with van der Waals surface area (Å²) in [4.78, 5) is 24.2. The lowest BCUT2D eigenvalue weighted by atomic mass is 10.1. The van der Waals surface area contributed by atoms with E-state index in [1.54, 1.807) is 0 Å². The first-order valence-electron chi connectivity index (χ1n) is 10.3.